The predicted octanol–water partition coefficient (Wildman–Crippen LogP) is -0.297. The predicted molar refractivity (Wildman–Crippen MR) is 105 cm³/mol. The molecular weight excluding hydrogens is 423 g/mol. The zero-order chi connectivity index (χ0) is 21.3. The van der Waals surface area contributed by atoms with E-state index in [1.807, 2.05) is 4.72 Å². The van der Waals surface area contributed by atoms with Crippen molar-refractivity contribution < 1.29 is 32.8 Å². The van der Waals surface area contributed by atoms with Crippen molar-refractivity contribution in [3.63, 3.8) is 0 Å². The summed E-state index contributed by atoms with van der Waals surface area (Å²) in [5.41, 5.74) is 6.06. The molecule has 1 unspecified atom stereocenters. The molecule has 0 saturated carbocycles. The smallest absolute Gasteiger partial charge is 0.526 e. The fraction of sp³-hybridized carbons (Fsp3) is 0.267. The zero-order valence-electron chi connectivity index (χ0n) is 14.8. The molecule has 0 spiro atoms. The molecule has 0 amide bonds. The second-order valence-corrected chi connectivity index (χ2v) is 8.66. The highest BCUT2D eigenvalue weighted by Gasteiger charge is 2.39. The van der Waals surface area contributed by atoms with Crippen LogP contribution in [0.4, 0.5) is 5.13 Å². The van der Waals surface area contributed by atoms with Gasteiger partial charge in [-0.2, -0.15) is 13.1 Å². The number of carboxylic acid groups (broad SMARTS) is 1. The van der Waals surface area contributed by atoms with Crippen molar-refractivity contribution in [3.05, 3.63) is 40.4 Å². The minimum absolute atomic E-state index is 0.0442. The summed E-state index contributed by atoms with van der Waals surface area (Å²) < 4.78 is 30.3. The summed E-state index contributed by atoms with van der Waals surface area (Å²) in [4.78, 5) is 28.1. The van der Waals surface area contributed by atoms with Crippen LogP contribution in [0.5, 0.6) is 5.75 Å². The molecule has 3 rings (SSSR count). The number of rotatable bonds is 7. The lowest BCUT2D eigenvalue weighted by molar-refractivity contribution is -0.121. The number of carboxylic acids is 1. The number of carbonyl (C=O) groups excluding carboxylic acids is 1. The molecule has 0 radical (unpaired) electrons. The Bertz CT molecular complexity index is 1060. The summed E-state index contributed by atoms with van der Waals surface area (Å²) in [6.45, 7) is 0. The largest absolute Gasteiger partial charge is 0.535 e. The molecule has 1 aromatic heterocycles. The van der Waals surface area contributed by atoms with E-state index in [9.17, 15) is 28.1 Å². The molecule has 0 saturated heterocycles. The van der Waals surface area contributed by atoms with Gasteiger partial charge in [-0.05, 0) is 18.1 Å². The van der Waals surface area contributed by atoms with Gasteiger partial charge in [0.1, 0.15) is 11.8 Å². The molecule has 154 valence electrons. The van der Waals surface area contributed by atoms with E-state index in [-0.39, 0.29) is 35.0 Å². The lowest BCUT2D eigenvalue weighted by Gasteiger charge is -2.28. The van der Waals surface area contributed by atoms with E-state index < -0.39 is 40.9 Å². The van der Waals surface area contributed by atoms with E-state index >= 15 is 0 Å². The fourth-order valence-electron chi connectivity index (χ4n) is 3.09. The number of hydrogen-bond acceptors (Lipinski definition) is 9. The monoisotopic (exact) mass is 440 g/mol. The first-order valence-electron chi connectivity index (χ1n) is 8.28. The summed E-state index contributed by atoms with van der Waals surface area (Å²) >= 11 is 1.03. The molecule has 0 fully saturated rings. The molecule has 11 nitrogen and oxygen atoms in total. The van der Waals surface area contributed by atoms with E-state index in [1.54, 1.807) is 6.07 Å². The van der Waals surface area contributed by atoms with E-state index in [0.29, 0.717) is 5.56 Å². The molecule has 1 aliphatic heterocycles. The molecule has 7 N–H and O–H groups in total. The third-order valence-electron chi connectivity index (χ3n) is 4.35. The molecule has 1 aromatic carbocycles. The number of ketones is 1. The van der Waals surface area contributed by atoms with Gasteiger partial charge in [0, 0.05) is 17.6 Å². The Morgan fingerprint density at radius 3 is 2.76 bits per heavy atom. The number of nitrogens with one attached hydrogen (secondary N) is 1. The molecule has 1 aliphatic rings. The Morgan fingerprint density at radius 2 is 2.17 bits per heavy atom. The summed E-state index contributed by atoms with van der Waals surface area (Å²) in [5.74, 6) is -2.50. The average molecular weight is 440 g/mol. The van der Waals surface area contributed by atoms with Crippen LogP contribution in [0.3, 0.4) is 0 Å². The van der Waals surface area contributed by atoms with Crippen molar-refractivity contribution in [2.24, 2.45) is 5.14 Å². The normalized spacial score (nSPS) is 17.3. The van der Waals surface area contributed by atoms with Crippen LogP contribution in [-0.2, 0) is 21.4 Å². The molecule has 0 aliphatic carbocycles. The lowest BCUT2D eigenvalue weighted by atomic mass is 9.64. The van der Waals surface area contributed by atoms with Gasteiger partial charge < -0.3 is 20.5 Å². The summed E-state index contributed by atoms with van der Waals surface area (Å²) in [6, 6.07) is 3.13. The first kappa shape index (κ1) is 21.2. The van der Waals surface area contributed by atoms with Gasteiger partial charge in [-0.1, -0.05) is 12.1 Å². The number of aromatic nitrogens is 1. The highest BCUT2D eigenvalue weighted by Crippen LogP contribution is 2.37. The number of fused-ring (bicyclic) bond motifs is 1. The van der Waals surface area contributed by atoms with Crippen molar-refractivity contribution in [1.82, 2.24) is 9.71 Å². The Balaban J connectivity index is 1.83. The topological polar surface area (TPSA) is 195 Å². The number of carbonyl (C=O) groups is 2. The molecule has 14 heteroatoms. The highest BCUT2D eigenvalue weighted by molar-refractivity contribution is 7.87. The van der Waals surface area contributed by atoms with Gasteiger partial charge in [-0.25, -0.2) is 14.9 Å². The second kappa shape index (κ2) is 8.08. The number of nitrogens with zero attached hydrogens (tertiary/aromatic N) is 1. The van der Waals surface area contributed by atoms with Crippen LogP contribution in [0.1, 0.15) is 34.1 Å². The lowest BCUT2D eigenvalue weighted by Crippen LogP contribution is -2.41. The SMILES string of the molecule is Nc1nc(C(NS(N)(=O)=O)C(=O)C[C@H]2Cc3cccc(C(=O)O)c3OB2O)cs1. The van der Waals surface area contributed by atoms with E-state index in [1.165, 1.54) is 17.5 Å². The number of thiazole rings is 1. The Morgan fingerprint density at radius 1 is 1.45 bits per heavy atom. The van der Waals surface area contributed by atoms with Crippen molar-refractivity contribution in [2.45, 2.75) is 24.7 Å². The fourth-order valence-corrected chi connectivity index (χ4v) is 4.26. The van der Waals surface area contributed by atoms with Crippen LogP contribution in [-0.4, -0.2) is 42.4 Å². The first-order chi connectivity index (χ1) is 13.5. The zero-order valence-corrected chi connectivity index (χ0v) is 16.4. The van der Waals surface area contributed by atoms with E-state index in [4.69, 9.17) is 15.5 Å². The van der Waals surface area contributed by atoms with E-state index in [2.05, 4.69) is 4.98 Å². The highest BCUT2D eigenvalue weighted by atomic mass is 32.2. The molecule has 29 heavy (non-hydrogen) atoms. The van der Waals surface area contributed by atoms with Crippen LogP contribution >= 0.6 is 11.3 Å². The van der Waals surface area contributed by atoms with Crippen molar-refractivity contribution in [2.75, 3.05) is 5.73 Å². The Kier molecular flexibility index (Phi) is 5.91. The quantitative estimate of drug-likeness (QED) is 0.359. The van der Waals surface area contributed by atoms with Crippen molar-refractivity contribution in [3.8, 4) is 5.75 Å². The number of anilines is 1. The maximum absolute atomic E-state index is 12.8. The maximum Gasteiger partial charge on any atom is 0.526 e. The first-order valence-corrected chi connectivity index (χ1v) is 10.7. The molecule has 0 bridgehead atoms. The Labute approximate surface area is 170 Å². The van der Waals surface area contributed by atoms with Crippen molar-refractivity contribution in [1.29, 1.82) is 0 Å². The average Bonchev–Trinajstić information content (AvgIpc) is 3.05. The maximum atomic E-state index is 12.8. The number of nitrogen functional groups attached to an aromatic ring is 1. The molecule has 2 atom stereocenters. The summed E-state index contributed by atoms with van der Waals surface area (Å²) in [5, 5.41) is 26.1. The number of para-hydroxylation sites is 1. The number of benzene rings is 1. The number of hydrogen-bond donors (Lipinski definition) is 5. The third-order valence-corrected chi connectivity index (χ3v) is 5.61. The number of nitrogens with two attached hydrogens (primary N) is 2. The molecule has 2 heterocycles. The van der Waals surface area contributed by atoms with Crippen LogP contribution in [0.2, 0.25) is 5.82 Å². The van der Waals surface area contributed by atoms with Crippen LogP contribution < -0.4 is 20.2 Å². The molecule has 2 aromatic rings. The van der Waals surface area contributed by atoms with Gasteiger partial charge in [0.05, 0.1) is 11.3 Å². The Hall–Kier alpha value is -2.52. The van der Waals surface area contributed by atoms with Crippen LogP contribution in [0.15, 0.2) is 23.6 Å². The summed E-state index contributed by atoms with van der Waals surface area (Å²) in [7, 11) is -5.69. The van der Waals surface area contributed by atoms with Gasteiger partial charge in [-0.15, -0.1) is 11.3 Å². The minimum atomic E-state index is -4.23. The third kappa shape index (κ3) is 4.91. The molecular formula is C15H17BN4O7S2. The minimum Gasteiger partial charge on any atom is -0.535 e. The van der Waals surface area contributed by atoms with Gasteiger partial charge in [0.2, 0.25) is 0 Å². The van der Waals surface area contributed by atoms with Crippen LogP contribution in [0.25, 0.3) is 0 Å². The van der Waals surface area contributed by atoms with E-state index in [0.717, 1.165) is 11.3 Å². The van der Waals surface area contributed by atoms with Gasteiger partial charge in [-0.3, -0.25) is 4.79 Å². The van der Waals surface area contributed by atoms with Gasteiger partial charge in [0.15, 0.2) is 10.9 Å². The second-order valence-electron chi connectivity index (χ2n) is 6.45. The van der Waals surface area contributed by atoms with Crippen molar-refractivity contribution >= 4 is 45.5 Å². The standard InChI is InChI=1S/C15H17BN4O7S2/c17-15-19-10(6-28-15)12(20-29(18,25)26)11(21)5-8-4-7-2-1-3-9(14(22)23)13(7)27-16(8)24/h1-3,6,8,12,20,24H,4-5H2,(H2,17,19)(H,22,23)(H2,18,25,26)/t8-,12?/m1/s1. The van der Waals surface area contributed by atoms with Gasteiger partial charge in [0.25, 0.3) is 10.2 Å². The number of aromatic carboxylic acids is 1. The van der Waals surface area contributed by atoms with Crippen LogP contribution in [0, 0.1) is 0 Å². The van der Waals surface area contributed by atoms with Gasteiger partial charge >= 0.3 is 13.1 Å². The number of Topliss-reactive ketones (excluding diaryl/α,β-unsaturated/α-hetero) is 1. The summed E-state index contributed by atoms with van der Waals surface area (Å²) in [6.07, 6.45) is -0.118.